The minimum absolute atomic E-state index is 0.0644. The molecule has 0 spiro atoms. The molecule has 25 heavy (non-hydrogen) atoms. The maximum absolute atomic E-state index is 12.5. The van der Waals surface area contributed by atoms with E-state index in [4.69, 9.17) is 5.11 Å². The Hall–Kier alpha value is -2.73. The zero-order valence-electron chi connectivity index (χ0n) is 14.0. The second-order valence-electron chi connectivity index (χ2n) is 5.65. The number of carbonyl (C=O) groups excluding carboxylic acids is 2. The van der Waals surface area contributed by atoms with Crippen molar-refractivity contribution in [3.63, 3.8) is 0 Å². The number of unbranched alkanes of at least 4 members (excludes halogenated alkanes) is 1. The molecule has 2 aromatic rings. The van der Waals surface area contributed by atoms with Crippen LogP contribution >= 0.6 is 0 Å². The molecule has 1 aromatic heterocycles. The fraction of sp³-hybridized carbons (Fsp3) is 0.316. The lowest BCUT2D eigenvalue weighted by Gasteiger charge is -2.18. The van der Waals surface area contributed by atoms with E-state index in [0.717, 1.165) is 5.69 Å². The molecule has 1 aromatic carbocycles. The number of carbonyl (C=O) groups is 2. The highest BCUT2D eigenvalue weighted by molar-refractivity contribution is 5.97. The standard InChI is InChI=1S/C19H23N3O3/c23-13-7-5-11-17(22-18(24)15-8-2-1-3-9-15)19(25)21-14-16-10-4-6-12-20-16/h1-4,6,8-10,12,17,23H,5,7,11,13-14H2,(H,21,25)(H,22,24)/t17-/m0/s1. The lowest BCUT2D eigenvalue weighted by molar-refractivity contribution is -0.123. The molecular weight excluding hydrogens is 318 g/mol. The molecule has 1 atom stereocenters. The van der Waals surface area contributed by atoms with Gasteiger partial charge >= 0.3 is 0 Å². The van der Waals surface area contributed by atoms with Crippen LogP contribution in [0.15, 0.2) is 54.7 Å². The van der Waals surface area contributed by atoms with Crippen molar-refractivity contribution in [2.45, 2.75) is 31.8 Å². The van der Waals surface area contributed by atoms with E-state index in [2.05, 4.69) is 15.6 Å². The van der Waals surface area contributed by atoms with Crippen molar-refractivity contribution in [3.8, 4) is 0 Å². The van der Waals surface area contributed by atoms with Gasteiger partial charge in [-0.25, -0.2) is 0 Å². The zero-order chi connectivity index (χ0) is 17.9. The van der Waals surface area contributed by atoms with Gasteiger partial charge in [-0.05, 0) is 43.5 Å². The molecule has 0 fully saturated rings. The number of nitrogens with zero attached hydrogens (tertiary/aromatic N) is 1. The van der Waals surface area contributed by atoms with Crippen LogP contribution in [0.4, 0.5) is 0 Å². The van der Waals surface area contributed by atoms with Gasteiger partial charge < -0.3 is 15.7 Å². The van der Waals surface area contributed by atoms with Crippen LogP contribution in [-0.2, 0) is 11.3 Å². The highest BCUT2D eigenvalue weighted by Crippen LogP contribution is 2.05. The van der Waals surface area contributed by atoms with Crippen molar-refractivity contribution in [2.75, 3.05) is 6.61 Å². The normalized spacial score (nSPS) is 11.6. The first-order valence-electron chi connectivity index (χ1n) is 8.35. The van der Waals surface area contributed by atoms with Gasteiger partial charge in [0.1, 0.15) is 6.04 Å². The predicted molar refractivity (Wildman–Crippen MR) is 94.7 cm³/mol. The number of rotatable bonds is 9. The van der Waals surface area contributed by atoms with Crippen LogP contribution in [0.25, 0.3) is 0 Å². The molecule has 0 aliphatic carbocycles. The number of aliphatic hydroxyl groups is 1. The number of benzene rings is 1. The molecule has 2 rings (SSSR count). The summed E-state index contributed by atoms with van der Waals surface area (Å²) >= 11 is 0. The van der Waals surface area contributed by atoms with Crippen LogP contribution in [0.5, 0.6) is 0 Å². The molecule has 0 aliphatic heterocycles. The van der Waals surface area contributed by atoms with Gasteiger partial charge in [-0.2, -0.15) is 0 Å². The van der Waals surface area contributed by atoms with Gasteiger partial charge in [-0.15, -0.1) is 0 Å². The van der Waals surface area contributed by atoms with Crippen molar-refractivity contribution < 1.29 is 14.7 Å². The number of amides is 2. The van der Waals surface area contributed by atoms with Gasteiger partial charge in [-0.1, -0.05) is 24.3 Å². The third kappa shape index (κ3) is 6.35. The van der Waals surface area contributed by atoms with Gasteiger partial charge in [0.2, 0.25) is 5.91 Å². The van der Waals surface area contributed by atoms with Gasteiger partial charge in [0.25, 0.3) is 5.91 Å². The molecular formula is C19H23N3O3. The maximum atomic E-state index is 12.5. The molecule has 0 saturated carbocycles. The Balaban J connectivity index is 1.96. The molecule has 3 N–H and O–H groups in total. The van der Waals surface area contributed by atoms with Crippen LogP contribution in [-0.4, -0.2) is 34.6 Å². The molecule has 0 radical (unpaired) electrons. The summed E-state index contributed by atoms with van der Waals surface area (Å²) in [6.07, 6.45) is 3.36. The minimum Gasteiger partial charge on any atom is -0.396 e. The summed E-state index contributed by atoms with van der Waals surface area (Å²) in [6, 6.07) is 13.6. The Labute approximate surface area is 147 Å². The first kappa shape index (κ1) is 18.6. The number of hydrogen-bond acceptors (Lipinski definition) is 4. The van der Waals surface area contributed by atoms with Crippen LogP contribution < -0.4 is 10.6 Å². The third-order valence-electron chi connectivity index (χ3n) is 3.73. The fourth-order valence-corrected chi connectivity index (χ4v) is 2.36. The van der Waals surface area contributed by atoms with Gasteiger partial charge in [0.15, 0.2) is 0 Å². The topological polar surface area (TPSA) is 91.3 Å². The lowest BCUT2D eigenvalue weighted by atomic mass is 10.1. The summed E-state index contributed by atoms with van der Waals surface area (Å²) in [5.74, 6) is -0.546. The average molecular weight is 341 g/mol. The largest absolute Gasteiger partial charge is 0.396 e. The molecule has 132 valence electrons. The van der Waals surface area contributed by atoms with Crippen molar-refractivity contribution in [1.82, 2.24) is 15.6 Å². The molecule has 6 nitrogen and oxygen atoms in total. The number of aliphatic hydroxyl groups excluding tert-OH is 1. The van der Waals surface area contributed by atoms with E-state index in [1.54, 1.807) is 30.5 Å². The number of hydrogen-bond donors (Lipinski definition) is 3. The van der Waals surface area contributed by atoms with E-state index < -0.39 is 6.04 Å². The lowest BCUT2D eigenvalue weighted by Crippen LogP contribution is -2.46. The summed E-state index contributed by atoms with van der Waals surface area (Å²) in [4.78, 5) is 28.9. The second-order valence-corrected chi connectivity index (χ2v) is 5.65. The number of pyridine rings is 1. The van der Waals surface area contributed by atoms with E-state index in [-0.39, 0.29) is 18.4 Å². The number of aromatic nitrogens is 1. The second kappa shape index (κ2) is 10.2. The van der Waals surface area contributed by atoms with Gasteiger partial charge in [0, 0.05) is 18.4 Å². The van der Waals surface area contributed by atoms with E-state index in [1.165, 1.54) is 0 Å². The maximum Gasteiger partial charge on any atom is 0.251 e. The summed E-state index contributed by atoms with van der Waals surface area (Å²) in [6.45, 7) is 0.367. The van der Waals surface area contributed by atoms with Crippen molar-refractivity contribution in [1.29, 1.82) is 0 Å². The number of nitrogens with one attached hydrogen (secondary N) is 2. The fourth-order valence-electron chi connectivity index (χ4n) is 2.36. The van der Waals surface area contributed by atoms with Gasteiger partial charge in [0.05, 0.1) is 12.2 Å². The van der Waals surface area contributed by atoms with Crippen molar-refractivity contribution >= 4 is 11.8 Å². The minimum atomic E-state index is -0.650. The molecule has 6 heteroatoms. The highest BCUT2D eigenvalue weighted by Gasteiger charge is 2.20. The summed E-state index contributed by atoms with van der Waals surface area (Å²) < 4.78 is 0. The predicted octanol–water partition coefficient (Wildman–Crippen LogP) is 1.66. The highest BCUT2D eigenvalue weighted by atomic mass is 16.3. The van der Waals surface area contributed by atoms with E-state index in [0.29, 0.717) is 31.4 Å². The summed E-state index contributed by atoms with van der Waals surface area (Å²) in [5.41, 5.74) is 1.26. The Morgan fingerprint density at radius 2 is 1.80 bits per heavy atom. The van der Waals surface area contributed by atoms with Crippen LogP contribution in [0.3, 0.4) is 0 Å². The molecule has 0 saturated heterocycles. The van der Waals surface area contributed by atoms with Crippen LogP contribution in [0, 0.1) is 0 Å². The first-order chi connectivity index (χ1) is 12.2. The van der Waals surface area contributed by atoms with Crippen molar-refractivity contribution in [2.24, 2.45) is 0 Å². The van der Waals surface area contributed by atoms with E-state index in [1.807, 2.05) is 24.3 Å². The summed E-state index contributed by atoms with van der Waals surface area (Å²) in [5, 5.41) is 14.5. The van der Waals surface area contributed by atoms with Crippen molar-refractivity contribution in [3.05, 3.63) is 66.0 Å². The molecule has 0 bridgehead atoms. The van der Waals surface area contributed by atoms with Crippen LogP contribution in [0.2, 0.25) is 0 Å². The Morgan fingerprint density at radius 1 is 1.04 bits per heavy atom. The first-order valence-corrected chi connectivity index (χ1v) is 8.35. The summed E-state index contributed by atoms with van der Waals surface area (Å²) in [7, 11) is 0. The molecule has 0 aliphatic rings. The van der Waals surface area contributed by atoms with E-state index in [9.17, 15) is 9.59 Å². The Morgan fingerprint density at radius 3 is 2.48 bits per heavy atom. The molecule has 1 heterocycles. The SMILES string of the molecule is O=C(N[C@@H](CCCCO)C(=O)NCc1ccccn1)c1ccccc1. The smallest absolute Gasteiger partial charge is 0.251 e. The van der Waals surface area contributed by atoms with Crippen LogP contribution in [0.1, 0.15) is 35.3 Å². The third-order valence-corrected chi connectivity index (χ3v) is 3.73. The molecule has 2 amide bonds. The monoisotopic (exact) mass is 341 g/mol. The Bertz CT molecular complexity index is 662. The average Bonchev–Trinajstić information content (AvgIpc) is 2.67. The zero-order valence-corrected chi connectivity index (χ0v) is 14.0. The molecule has 0 unspecified atom stereocenters. The Kier molecular flexibility index (Phi) is 7.59. The quantitative estimate of drug-likeness (QED) is 0.605. The van der Waals surface area contributed by atoms with Gasteiger partial charge in [-0.3, -0.25) is 14.6 Å². The van der Waals surface area contributed by atoms with E-state index >= 15 is 0 Å².